The fourth-order valence-electron chi connectivity index (χ4n) is 1.23. The third kappa shape index (κ3) is 6.05. The molecule has 0 fully saturated rings. The molecule has 4 N–H and O–H groups in total. The van der Waals surface area contributed by atoms with Crippen LogP contribution in [0.4, 0.5) is 4.79 Å². The Morgan fingerprint density at radius 1 is 1.16 bits per heavy atom. The van der Waals surface area contributed by atoms with E-state index in [1.165, 1.54) is 0 Å². The van der Waals surface area contributed by atoms with Crippen molar-refractivity contribution in [3.05, 3.63) is 0 Å². The van der Waals surface area contributed by atoms with E-state index >= 15 is 0 Å². The highest BCUT2D eigenvalue weighted by Crippen LogP contribution is 2.00. The second kappa shape index (κ2) is 7.57. The van der Waals surface area contributed by atoms with Crippen LogP contribution < -0.4 is 10.6 Å². The molecule has 0 saturated carbocycles. The summed E-state index contributed by atoms with van der Waals surface area (Å²) in [5, 5.41) is 22.5. The number of carbonyl (C=O) groups excluding carboxylic acids is 2. The van der Waals surface area contributed by atoms with Crippen molar-refractivity contribution in [3.63, 3.8) is 0 Å². The van der Waals surface area contributed by atoms with Crippen molar-refractivity contribution in [1.29, 1.82) is 0 Å². The Morgan fingerprint density at radius 2 is 1.68 bits per heavy atom. The number of nitrogens with one attached hydrogen (secondary N) is 2. The van der Waals surface area contributed by atoms with E-state index in [-0.39, 0.29) is 12.5 Å². The van der Waals surface area contributed by atoms with Gasteiger partial charge >= 0.3 is 12.0 Å². The third-order valence-electron chi connectivity index (χ3n) is 2.57. The summed E-state index contributed by atoms with van der Waals surface area (Å²) in [6.07, 6.45) is 0. The number of nitrogens with zero attached hydrogens (tertiary/aromatic N) is 1. The predicted octanol–water partition coefficient (Wildman–Crippen LogP) is -1.01. The minimum Gasteiger partial charge on any atom is -0.479 e. The summed E-state index contributed by atoms with van der Waals surface area (Å²) >= 11 is 0. The first-order chi connectivity index (χ1) is 8.74. The molecule has 0 heterocycles. The summed E-state index contributed by atoms with van der Waals surface area (Å²) in [7, 11) is 0. The molecule has 0 bridgehead atoms. The zero-order valence-corrected chi connectivity index (χ0v) is 11.4. The SMILES string of the molecule is CCN(CC)C(=O)CNC(=O)NCC(C)(O)C(=O)O. The standard InChI is InChI=1S/C11H21N3O5/c1-4-14(5-2)8(15)6-12-10(18)13-7-11(3,19)9(16)17/h19H,4-7H2,1-3H3,(H,16,17)(H2,12,13,18). The molecule has 0 aromatic heterocycles. The lowest BCUT2D eigenvalue weighted by atomic mass is 10.1. The smallest absolute Gasteiger partial charge is 0.337 e. The van der Waals surface area contributed by atoms with Crippen molar-refractivity contribution in [2.75, 3.05) is 26.2 Å². The van der Waals surface area contributed by atoms with E-state index in [0.717, 1.165) is 6.92 Å². The van der Waals surface area contributed by atoms with Gasteiger partial charge in [0.2, 0.25) is 5.91 Å². The number of amides is 3. The first-order valence-electron chi connectivity index (χ1n) is 5.99. The molecule has 8 nitrogen and oxygen atoms in total. The van der Waals surface area contributed by atoms with E-state index in [2.05, 4.69) is 10.6 Å². The predicted molar refractivity (Wildman–Crippen MR) is 67.6 cm³/mol. The van der Waals surface area contributed by atoms with Crippen LogP contribution in [0.15, 0.2) is 0 Å². The molecule has 0 aromatic carbocycles. The van der Waals surface area contributed by atoms with E-state index < -0.39 is 24.1 Å². The number of aliphatic hydroxyl groups is 1. The van der Waals surface area contributed by atoms with Crippen LogP contribution in [-0.2, 0) is 9.59 Å². The van der Waals surface area contributed by atoms with Crippen LogP contribution in [0.5, 0.6) is 0 Å². The van der Waals surface area contributed by atoms with Crippen LogP contribution in [-0.4, -0.2) is 64.8 Å². The van der Waals surface area contributed by atoms with E-state index in [0.29, 0.717) is 13.1 Å². The van der Waals surface area contributed by atoms with Crippen LogP contribution >= 0.6 is 0 Å². The van der Waals surface area contributed by atoms with Gasteiger partial charge in [0.15, 0.2) is 5.60 Å². The summed E-state index contributed by atoms with van der Waals surface area (Å²) in [6, 6.07) is -0.706. The van der Waals surface area contributed by atoms with Crippen molar-refractivity contribution in [1.82, 2.24) is 15.5 Å². The molecule has 0 radical (unpaired) electrons. The number of hydrogen-bond donors (Lipinski definition) is 4. The normalized spacial score (nSPS) is 13.3. The molecule has 0 aliphatic heterocycles. The van der Waals surface area contributed by atoms with Crippen LogP contribution in [0.2, 0.25) is 0 Å². The second-order valence-electron chi connectivity index (χ2n) is 4.18. The Hall–Kier alpha value is -1.83. The summed E-state index contributed by atoms with van der Waals surface area (Å²) in [6.45, 7) is 5.18. The van der Waals surface area contributed by atoms with E-state index in [4.69, 9.17) is 5.11 Å². The van der Waals surface area contributed by atoms with E-state index in [9.17, 15) is 19.5 Å². The highest BCUT2D eigenvalue weighted by Gasteiger charge is 2.30. The molecule has 1 atom stereocenters. The number of likely N-dealkylation sites (N-methyl/N-ethyl adjacent to an activating group) is 1. The van der Waals surface area contributed by atoms with Gasteiger partial charge in [-0.2, -0.15) is 0 Å². The van der Waals surface area contributed by atoms with Gasteiger partial charge in [-0.25, -0.2) is 9.59 Å². The molecule has 0 spiro atoms. The second-order valence-corrected chi connectivity index (χ2v) is 4.18. The highest BCUT2D eigenvalue weighted by atomic mass is 16.4. The summed E-state index contributed by atoms with van der Waals surface area (Å²) in [4.78, 5) is 35.0. The highest BCUT2D eigenvalue weighted by molar-refractivity contribution is 5.84. The maximum Gasteiger partial charge on any atom is 0.337 e. The molecular weight excluding hydrogens is 254 g/mol. The number of hydrogen-bond acceptors (Lipinski definition) is 4. The molecule has 0 rings (SSSR count). The van der Waals surface area contributed by atoms with Crippen LogP contribution in [0, 0.1) is 0 Å². The summed E-state index contributed by atoms with van der Waals surface area (Å²) in [5.74, 6) is -1.67. The van der Waals surface area contributed by atoms with Gasteiger partial charge in [-0.1, -0.05) is 0 Å². The maximum atomic E-state index is 11.6. The quantitative estimate of drug-likeness (QED) is 0.474. The zero-order chi connectivity index (χ0) is 15.1. The maximum absolute atomic E-state index is 11.6. The fraction of sp³-hybridized carbons (Fsp3) is 0.727. The van der Waals surface area contributed by atoms with E-state index in [1.807, 2.05) is 13.8 Å². The number of carboxylic acids is 1. The zero-order valence-electron chi connectivity index (χ0n) is 11.4. The molecule has 8 heteroatoms. The molecule has 110 valence electrons. The third-order valence-corrected chi connectivity index (χ3v) is 2.57. The Morgan fingerprint density at radius 3 is 2.11 bits per heavy atom. The van der Waals surface area contributed by atoms with Crippen molar-refractivity contribution in [2.45, 2.75) is 26.4 Å². The first kappa shape index (κ1) is 17.2. The molecule has 0 saturated heterocycles. The van der Waals surface area contributed by atoms with Crippen molar-refractivity contribution in [2.24, 2.45) is 0 Å². The van der Waals surface area contributed by atoms with E-state index in [1.54, 1.807) is 4.90 Å². The Balaban J connectivity index is 4.07. The average molecular weight is 275 g/mol. The van der Waals surface area contributed by atoms with Gasteiger partial charge in [0.25, 0.3) is 0 Å². The fourth-order valence-corrected chi connectivity index (χ4v) is 1.23. The largest absolute Gasteiger partial charge is 0.479 e. The lowest BCUT2D eigenvalue weighted by molar-refractivity contribution is -0.155. The van der Waals surface area contributed by atoms with Gasteiger partial charge < -0.3 is 25.7 Å². The van der Waals surface area contributed by atoms with Gasteiger partial charge in [0, 0.05) is 13.1 Å². The van der Waals surface area contributed by atoms with Crippen LogP contribution in [0.3, 0.4) is 0 Å². The molecule has 19 heavy (non-hydrogen) atoms. The monoisotopic (exact) mass is 275 g/mol. The molecule has 0 aliphatic carbocycles. The molecule has 3 amide bonds. The molecule has 0 aromatic rings. The number of carbonyl (C=O) groups is 3. The minimum atomic E-state index is -2.04. The van der Waals surface area contributed by atoms with Gasteiger partial charge in [0.1, 0.15) is 0 Å². The number of urea groups is 1. The van der Waals surface area contributed by atoms with Crippen molar-refractivity contribution >= 4 is 17.9 Å². The molecular formula is C11H21N3O5. The minimum absolute atomic E-state index is 0.178. The van der Waals surface area contributed by atoms with Crippen LogP contribution in [0.1, 0.15) is 20.8 Å². The van der Waals surface area contributed by atoms with Crippen molar-refractivity contribution in [3.8, 4) is 0 Å². The number of rotatable bonds is 7. The Labute approximate surface area is 111 Å². The topological polar surface area (TPSA) is 119 Å². The van der Waals surface area contributed by atoms with Gasteiger partial charge in [-0.05, 0) is 20.8 Å². The van der Waals surface area contributed by atoms with Gasteiger partial charge in [0.05, 0.1) is 13.1 Å². The van der Waals surface area contributed by atoms with Crippen LogP contribution in [0.25, 0.3) is 0 Å². The first-order valence-corrected chi connectivity index (χ1v) is 5.99. The number of aliphatic carboxylic acids is 1. The summed E-state index contributed by atoms with van der Waals surface area (Å²) in [5.41, 5.74) is -2.04. The average Bonchev–Trinajstić information content (AvgIpc) is 2.35. The van der Waals surface area contributed by atoms with Gasteiger partial charge in [-0.15, -0.1) is 0 Å². The van der Waals surface area contributed by atoms with Crippen molar-refractivity contribution < 1.29 is 24.6 Å². The lowest BCUT2D eigenvalue weighted by Crippen LogP contribution is -2.50. The summed E-state index contributed by atoms with van der Waals surface area (Å²) < 4.78 is 0. The lowest BCUT2D eigenvalue weighted by Gasteiger charge is -2.20. The molecule has 1 unspecified atom stereocenters. The van der Waals surface area contributed by atoms with Gasteiger partial charge in [-0.3, -0.25) is 4.79 Å². The number of carboxylic acid groups (broad SMARTS) is 1. The Kier molecular flexibility index (Phi) is 6.84. The molecule has 0 aliphatic rings. The Bertz CT molecular complexity index is 339.